The maximum atomic E-state index is 13.5. The number of carbonyl (C=O) groups excluding carboxylic acids is 1. The van der Waals surface area contributed by atoms with Crippen LogP contribution in [-0.2, 0) is 32.7 Å². The number of aromatic nitrogens is 3. The van der Waals surface area contributed by atoms with Gasteiger partial charge in [0, 0.05) is 39.0 Å². The lowest BCUT2D eigenvalue weighted by Gasteiger charge is -2.35. The molecule has 3 atom stereocenters. The number of hydrogen-bond donors (Lipinski definition) is 1. The van der Waals surface area contributed by atoms with E-state index in [0.717, 1.165) is 11.1 Å². The Balaban J connectivity index is 1.55. The topological polar surface area (TPSA) is 118 Å². The molecule has 210 valence electrons. The zero-order valence-corrected chi connectivity index (χ0v) is 23.5. The fraction of sp³-hybridized carbons (Fsp3) is 0.464. The molecule has 4 rings (SSSR count). The van der Waals surface area contributed by atoms with Gasteiger partial charge in [-0.25, -0.2) is 8.42 Å². The number of rotatable bonds is 7. The zero-order chi connectivity index (χ0) is 28.0. The van der Waals surface area contributed by atoms with Crippen LogP contribution in [0, 0.1) is 5.92 Å². The van der Waals surface area contributed by atoms with Crippen LogP contribution in [0.2, 0.25) is 0 Å². The molecule has 1 aromatic heterocycles. The predicted molar refractivity (Wildman–Crippen MR) is 147 cm³/mol. The van der Waals surface area contributed by atoms with Gasteiger partial charge in [-0.05, 0) is 36.6 Å². The number of amides is 1. The molecule has 2 bridgehead atoms. The number of nitrogens with zero attached hydrogens (tertiary/aromatic N) is 5. The molecule has 2 heterocycles. The minimum atomic E-state index is -3.81. The molecule has 1 amide bonds. The number of aliphatic hydroxyl groups is 1. The molecule has 39 heavy (non-hydrogen) atoms. The molecule has 0 aliphatic carbocycles. The van der Waals surface area contributed by atoms with E-state index in [1.165, 1.54) is 11.4 Å². The van der Waals surface area contributed by atoms with Gasteiger partial charge in [-0.2, -0.15) is 4.31 Å². The van der Waals surface area contributed by atoms with Crippen molar-refractivity contribution in [1.82, 2.24) is 24.2 Å². The number of ether oxygens (including phenoxy) is 1. The molecule has 0 radical (unpaired) electrons. The monoisotopic (exact) mass is 555 g/mol. The van der Waals surface area contributed by atoms with Crippen molar-refractivity contribution >= 4 is 15.9 Å². The van der Waals surface area contributed by atoms with Gasteiger partial charge < -0.3 is 14.7 Å². The Morgan fingerprint density at radius 2 is 1.82 bits per heavy atom. The number of benzene rings is 2. The van der Waals surface area contributed by atoms with Crippen molar-refractivity contribution in [2.24, 2.45) is 5.92 Å². The third-order valence-corrected chi connectivity index (χ3v) is 8.99. The van der Waals surface area contributed by atoms with Crippen molar-refractivity contribution in [3.05, 3.63) is 66.5 Å². The van der Waals surface area contributed by atoms with Crippen LogP contribution in [0.3, 0.4) is 0 Å². The normalized spacial score (nSPS) is 20.2. The Hall–Kier alpha value is -3.12. The van der Waals surface area contributed by atoms with Gasteiger partial charge in [0.05, 0.1) is 36.5 Å². The summed E-state index contributed by atoms with van der Waals surface area (Å²) in [7, 11) is -2.27. The summed E-state index contributed by atoms with van der Waals surface area (Å²) in [6.45, 7) is 4.69. The molecule has 3 aromatic rings. The van der Waals surface area contributed by atoms with Crippen LogP contribution in [0.5, 0.6) is 0 Å². The molecule has 0 fully saturated rings. The quantitative estimate of drug-likeness (QED) is 0.476. The van der Waals surface area contributed by atoms with Crippen molar-refractivity contribution in [2.45, 2.75) is 56.9 Å². The molecule has 0 unspecified atom stereocenters. The van der Waals surface area contributed by atoms with E-state index in [-0.39, 0.29) is 42.5 Å². The average molecular weight is 556 g/mol. The SMILES string of the molecule is C[C@H]1CN([C@@H](C)CO)C(=O)CCCn2cc(nn2)CO[C@H]1CN(C)S(=O)(=O)c1ccc(-c2ccccc2)cc1. The number of aliphatic hydroxyl groups excluding tert-OH is 1. The van der Waals surface area contributed by atoms with E-state index in [9.17, 15) is 18.3 Å². The molecule has 2 aromatic carbocycles. The number of sulfonamides is 1. The van der Waals surface area contributed by atoms with Gasteiger partial charge in [0.25, 0.3) is 0 Å². The standard InChI is InChI=1S/C28H37N5O5S/c1-21-16-33(22(2)19-34)28(35)10-7-15-32-17-25(29-30-32)20-38-27(21)18-31(3)39(36,37)26-13-11-24(12-14-26)23-8-5-4-6-9-23/h4-6,8-9,11-14,17,21-22,27,34H,7,10,15-16,18-20H2,1-3H3/t21-,22-,27-/m0/s1. The van der Waals surface area contributed by atoms with Crippen LogP contribution in [0.15, 0.2) is 65.7 Å². The van der Waals surface area contributed by atoms with Crippen molar-refractivity contribution < 1.29 is 23.1 Å². The first-order valence-corrected chi connectivity index (χ1v) is 14.7. The summed E-state index contributed by atoms with van der Waals surface area (Å²) in [4.78, 5) is 14.9. The summed E-state index contributed by atoms with van der Waals surface area (Å²) in [5.41, 5.74) is 2.58. The molecular formula is C28H37N5O5S. The first-order chi connectivity index (χ1) is 18.7. The van der Waals surface area contributed by atoms with Gasteiger partial charge in [0.2, 0.25) is 15.9 Å². The van der Waals surface area contributed by atoms with Crippen LogP contribution in [-0.4, -0.2) is 82.5 Å². The van der Waals surface area contributed by atoms with Crippen LogP contribution >= 0.6 is 0 Å². The lowest BCUT2D eigenvalue weighted by molar-refractivity contribution is -0.136. The molecule has 11 heteroatoms. The van der Waals surface area contributed by atoms with Crippen LogP contribution in [0.4, 0.5) is 0 Å². The summed E-state index contributed by atoms with van der Waals surface area (Å²) in [6.07, 6.45) is 2.15. The van der Waals surface area contributed by atoms with E-state index in [0.29, 0.717) is 31.6 Å². The van der Waals surface area contributed by atoms with Gasteiger partial charge in [-0.15, -0.1) is 5.10 Å². The van der Waals surface area contributed by atoms with E-state index in [1.807, 2.05) is 37.3 Å². The van der Waals surface area contributed by atoms with E-state index in [1.54, 1.807) is 47.0 Å². The largest absolute Gasteiger partial charge is 0.394 e. The summed E-state index contributed by atoms with van der Waals surface area (Å²) in [5, 5.41) is 18.1. The summed E-state index contributed by atoms with van der Waals surface area (Å²) < 4.78 is 36.2. The van der Waals surface area contributed by atoms with Gasteiger partial charge in [-0.1, -0.05) is 54.6 Å². The number of aryl methyl sites for hydroxylation is 1. The predicted octanol–water partition coefficient (Wildman–Crippen LogP) is 2.79. The first kappa shape index (κ1) is 28.9. The van der Waals surface area contributed by atoms with Crippen LogP contribution < -0.4 is 0 Å². The molecular weight excluding hydrogens is 518 g/mol. The minimum Gasteiger partial charge on any atom is -0.394 e. The van der Waals surface area contributed by atoms with Crippen molar-refractivity contribution in [2.75, 3.05) is 26.7 Å². The lowest BCUT2D eigenvalue weighted by Crippen LogP contribution is -2.47. The summed E-state index contributed by atoms with van der Waals surface area (Å²) in [5.74, 6) is -0.293. The Labute approximate surface area is 230 Å². The van der Waals surface area contributed by atoms with Gasteiger partial charge in [0.1, 0.15) is 5.69 Å². The van der Waals surface area contributed by atoms with E-state index in [2.05, 4.69) is 10.3 Å². The minimum absolute atomic E-state index is 0.0683. The second-order valence-electron chi connectivity index (χ2n) is 10.2. The van der Waals surface area contributed by atoms with Crippen molar-refractivity contribution in [1.29, 1.82) is 0 Å². The number of fused-ring (bicyclic) bond motifs is 2. The van der Waals surface area contributed by atoms with Crippen LogP contribution in [0.25, 0.3) is 11.1 Å². The Morgan fingerprint density at radius 1 is 1.13 bits per heavy atom. The van der Waals surface area contributed by atoms with Crippen LogP contribution in [0.1, 0.15) is 32.4 Å². The highest BCUT2D eigenvalue weighted by atomic mass is 32.2. The molecule has 0 saturated heterocycles. The molecule has 1 N–H and O–H groups in total. The summed E-state index contributed by atoms with van der Waals surface area (Å²) >= 11 is 0. The van der Waals surface area contributed by atoms with E-state index >= 15 is 0 Å². The van der Waals surface area contributed by atoms with E-state index < -0.39 is 16.1 Å². The number of likely N-dealkylation sites (N-methyl/N-ethyl adjacent to an activating group) is 1. The Bertz CT molecular complexity index is 1330. The second kappa shape index (κ2) is 12.8. The molecule has 10 nitrogen and oxygen atoms in total. The van der Waals surface area contributed by atoms with Crippen molar-refractivity contribution in [3.63, 3.8) is 0 Å². The number of carbonyl (C=O) groups is 1. The highest BCUT2D eigenvalue weighted by Crippen LogP contribution is 2.24. The Morgan fingerprint density at radius 3 is 2.51 bits per heavy atom. The zero-order valence-electron chi connectivity index (χ0n) is 22.7. The van der Waals surface area contributed by atoms with Gasteiger partial charge in [0.15, 0.2) is 0 Å². The molecule has 0 saturated carbocycles. The third kappa shape index (κ3) is 7.10. The summed E-state index contributed by atoms with van der Waals surface area (Å²) in [6, 6.07) is 16.2. The molecule has 1 aliphatic heterocycles. The van der Waals surface area contributed by atoms with Gasteiger partial charge >= 0.3 is 0 Å². The fourth-order valence-corrected chi connectivity index (χ4v) is 5.86. The fourth-order valence-electron chi connectivity index (χ4n) is 4.67. The van der Waals surface area contributed by atoms with E-state index in [4.69, 9.17) is 4.74 Å². The third-order valence-electron chi connectivity index (χ3n) is 7.15. The molecule has 1 aliphatic rings. The average Bonchev–Trinajstić information content (AvgIpc) is 3.41. The van der Waals surface area contributed by atoms with Gasteiger partial charge in [-0.3, -0.25) is 9.48 Å². The lowest BCUT2D eigenvalue weighted by atomic mass is 10.0. The highest BCUT2D eigenvalue weighted by Gasteiger charge is 2.31. The smallest absolute Gasteiger partial charge is 0.242 e. The Kier molecular flexibility index (Phi) is 9.49. The second-order valence-corrected chi connectivity index (χ2v) is 12.2. The maximum Gasteiger partial charge on any atom is 0.242 e. The van der Waals surface area contributed by atoms with Crippen molar-refractivity contribution in [3.8, 4) is 11.1 Å². The maximum absolute atomic E-state index is 13.5. The number of hydrogen-bond acceptors (Lipinski definition) is 7. The highest BCUT2D eigenvalue weighted by molar-refractivity contribution is 7.89. The molecule has 0 spiro atoms. The first-order valence-electron chi connectivity index (χ1n) is 13.2.